The Balaban J connectivity index is 1.80. The molecule has 2 fully saturated rings. The summed E-state index contributed by atoms with van der Waals surface area (Å²) in [5, 5.41) is 0. The fraction of sp³-hybridized carbons (Fsp3) is 0.625. The summed E-state index contributed by atoms with van der Waals surface area (Å²) in [7, 11) is 2.22. The van der Waals surface area contributed by atoms with Gasteiger partial charge in [0, 0.05) is 39.3 Å². The van der Waals surface area contributed by atoms with Crippen molar-refractivity contribution in [1.82, 2.24) is 4.90 Å². The van der Waals surface area contributed by atoms with E-state index in [1.807, 2.05) is 0 Å². The molecule has 0 N–H and O–H groups in total. The van der Waals surface area contributed by atoms with Crippen molar-refractivity contribution in [3.05, 3.63) is 24.3 Å². The Morgan fingerprint density at radius 2 is 1.21 bits per heavy atom. The minimum absolute atomic E-state index is 1.15. The molecule has 0 amide bonds. The molecule has 0 aliphatic carbocycles. The molecule has 104 valence electrons. The van der Waals surface area contributed by atoms with Gasteiger partial charge < -0.3 is 14.7 Å². The van der Waals surface area contributed by atoms with E-state index in [0.29, 0.717) is 0 Å². The van der Waals surface area contributed by atoms with Crippen LogP contribution in [0.2, 0.25) is 0 Å². The number of para-hydroxylation sites is 2. The normalized spacial score (nSPS) is 21.7. The number of hydrogen-bond donors (Lipinski definition) is 0. The van der Waals surface area contributed by atoms with Gasteiger partial charge in [0.15, 0.2) is 0 Å². The first-order valence-electron chi connectivity index (χ1n) is 7.62. The molecule has 19 heavy (non-hydrogen) atoms. The first-order chi connectivity index (χ1) is 9.34. The highest BCUT2D eigenvalue weighted by molar-refractivity contribution is 5.71. The van der Waals surface area contributed by atoms with Gasteiger partial charge in [-0.05, 0) is 38.4 Å². The standard InChI is InChI=1S/C16H25N3/c1-17-11-13-19(14-12-17)16-8-4-3-7-15(16)18-9-5-2-6-10-18/h3-4,7-8H,2,5-6,9-14H2,1H3. The summed E-state index contributed by atoms with van der Waals surface area (Å²) in [6.45, 7) is 7.11. The van der Waals surface area contributed by atoms with Crippen LogP contribution in [0.3, 0.4) is 0 Å². The molecule has 3 rings (SSSR count). The van der Waals surface area contributed by atoms with Crippen LogP contribution in [-0.4, -0.2) is 51.2 Å². The average molecular weight is 259 g/mol. The first kappa shape index (κ1) is 12.8. The van der Waals surface area contributed by atoms with Gasteiger partial charge in [-0.3, -0.25) is 0 Å². The number of piperidine rings is 1. The Bertz CT molecular complexity index is 404. The molecule has 3 nitrogen and oxygen atoms in total. The third-order valence-corrected chi connectivity index (χ3v) is 4.42. The topological polar surface area (TPSA) is 9.72 Å². The Kier molecular flexibility index (Phi) is 3.92. The maximum Gasteiger partial charge on any atom is 0.0604 e. The van der Waals surface area contributed by atoms with Gasteiger partial charge in [-0.2, -0.15) is 0 Å². The van der Waals surface area contributed by atoms with Crippen molar-refractivity contribution in [3.8, 4) is 0 Å². The predicted octanol–water partition coefficient (Wildman–Crippen LogP) is 2.43. The van der Waals surface area contributed by atoms with Crippen molar-refractivity contribution in [3.63, 3.8) is 0 Å². The number of likely N-dealkylation sites (N-methyl/N-ethyl adjacent to an activating group) is 1. The van der Waals surface area contributed by atoms with Crippen molar-refractivity contribution in [2.45, 2.75) is 19.3 Å². The molecule has 0 spiro atoms. The summed E-state index contributed by atoms with van der Waals surface area (Å²) >= 11 is 0. The minimum Gasteiger partial charge on any atom is -0.370 e. The van der Waals surface area contributed by atoms with Crippen molar-refractivity contribution < 1.29 is 0 Å². The van der Waals surface area contributed by atoms with Crippen molar-refractivity contribution in [1.29, 1.82) is 0 Å². The van der Waals surface area contributed by atoms with E-state index in [2.05, 4.69) is 46.0 Å². The molecule has 3 heteroatoms. The molecule has 2 aliphatic heterocycles. The number of nitrogens with zero attached hydrogens (tertiary/aromatic N) is 3. The Labute approximate surface area is 116 Å². The molecule has 0 bridgehead atoms. The van der Waals surface area contributed by atoms with E-state index in [1.165, 1.54) is 56.8 Å². The lowest BCUT2D eigenvalue weighted by Gasteiger charge is -2.38. The van der Waals surface area contributed by atoms with Gasteiger partial charge in [0.1, 0.15) is 0 Å². The van der Waals surface area contributed by atoms with Crippen molar-refractivity contribution >= 4 is 11.4 Å². The quantitative estimate of drug-likeness (QED) is 0.807. The van der Waals surface area contributed by atoms with Gasteiger partial charge in [-0.25, -0.2) is 0 Å². The monoisotopic (exact) mass is 259 g/mol. The highest BCUT2D eigenvalue weighted by atomic mass is 15.3. The largest absolute Gasteiger partial charge is 0.370 e. The van der Waals surface area contributed by atoms with Crippen LogP contribution in [0.4, 0.5) is 11.4 Å². The number of piperazine rings is 1. The second-order valence-corrected chi connectivity index (χ2v) is 5.83. The van der Waals surface area contributed by atoms with Gasteiger partial charge >= 0.3 is 0 Å². The second kappa shape index (κ2) is 5.83. The summed E-state index contributed by atoms with van der Waals surface area (Å²) in [6.07, 6.45) is 4.08. The lowest BCUT2D eigenvalue weighted by Crippen LogP contribution is -2.45. The lowest BCUT2D eigenvalue weighted by molar-refractivity contribution is 0.313. The molecule has 2 aliphatic rings. The van der Waals surface area contributed by atoms with E-state index in [0.717, 1.165) is 13.1 Å². The number of anilines is 2. The summed E-state index contributed by atoms with van der Waals surface area (Å²) in [5.41, 5.74) is 2.89. The molecule has 0 aromatic heterocycles. The molecule has 1 aromatic rings. The van der Waals surface area contributed by atoms with Crippen LogP contribution in [0.25, 0.3) is 0 Å². The number of hydrogen-bond acceptors (Lipinski definition) is 3. The number of benzene rings is 1. The van der Waals surface area contributed by atoms with Crippen molar-refractivity contribution in [2.24, 2.45) is 0 Å². The zero-order valence-corrected chi connectivity index (χ0v) is 12.0. The van der Waals surface area contributed by atoms with E-state index in [4.69, 9.17) is 0 Å². The third kappa shape index (κ3) is 2.86. The van der Waals surface area contributed by atoms with Crippen LogP contribution >= 0.6 is 0 Å². The molecule has 0 saturated carbocycles. The van der Waals surface area contributed by atoms with Crippen LogP contribution in [0.5, 0.6) is 0 Å². The van der Waals surface area contributed by atoms with Gasteiger partial charge in [-0.1, -0.05) is 12.1 Å². The predicted molar refractivity (Wildman–Crippen MR) is 82.2 cm³/mol. The lowest BCUT2D eigenvalue weighted by atomic mass is 10.1. The maximum atomic E-state index is 2.58. The summed E-state index contributed by atoms with van der Waals surface area (Å²) in [5.74, 6) is 0. The fourth-order valence-electron chi connectivity index (χ4n) is 3.18. The SMILES string of the molecule is CN1CCN(c2ccccc2N2CCCCC2)CC1. The summed E-state index contributed by atoms with van der Waals surface area (Å²) < 4.78 is 0. The van der Waals surface area contributed by atoms with E-state index < -0.39 is 0 Å². The molecule has 0 atom stereocenters. The highest BCUT2D eigenvalue weighted by Crippen LogP contribution is 2.31. The molecule has 2 saturated heterocycles. The van der Waals surface area contributed by atoms with Crippen LogP contribution in [0, 0.1) is 0 Å². The Morgan fingerprint density at radius 1 is 0.684 bits per heavy atom. The van der Waals surface area contributed by atoms with Gasteiger partial charge in [0.2, 0.25) is 0 Å². The fourth-order valence-corrected chi connectivity index (χ4v) is 3.18. The summed E-state index contributed by atoms with van der Waals surface area (Å²) in [4.78, 5) is 7.56. The molecular weight excluding hydrogens is 234 g/mol. The van der Waals surface area contributed by atoms with Crippen molar-refractivity contribution in [2.75, 3.05) is 56.1 Å². The second-order valence-electron chi connectivity index (χ2n) is 5.83. The highest BCUT2D eigenvalue weighted by Gasteiger charge is 2.20. The summed E-state index contributed by atoms with van der Waals surface area (Å²) in [6, 6.07) is 8.97. The molecule has 2 heterocycles. The number of rotatable bonds is 2. The van der Waals surface area contributed by atoms with Gasteiger partial charge in [-0.15, -0.1) is 0 Å². The minimum atomic E-state index is 1.15. The van der Waals surface area contributed by atoms with Crippen LogP contribution < -0.4 is 9.80 Å². The Morgan fingerprint density at radius 3 is 1.79 bits per heavy atom. The van der Waals surface area contributed by atoms with E-state index >= 15 is 0 Å². The molecule has 1 aromatic carbocycles. The van der Waals surface area contributed by atoms with Gasteiger partial charge in [0.25, 0.3) is 0 Å². The molecule has 0 radical (unpaired) electrons. The van der Waals surface area contributed by atoms with Gasteiger partial charge in [0.05, 0.1) is 11.4 Å². The maximum absolute atomic E-state index is 2.58. The smallest absolute Gasteiger partial charge is 0.0604 e. The zero-order chi connectivity index (χ0) is 13.1. The van der Waals surface area contributed by atoms with Crippen LogP contribution in [0.15, 0.2) is 24.3 Å². The van der Waals surface area contributed by atoms with E-state index in [9.17, 15) is 0 Å². The zero-order valence-electron chi connectivity index (χ0n) is 12.0. The average Bonchev–Trinajstić information content (AvgIpc) is 2.49. The first-order valence-corrected chi connectivity index (χ1v) is 7.62. The third-order valence-electron chi connectivity index (χ3n) is 4.42. The van der Waals surface area contributed by atoms with Crippen LogP contribution in [0.1, 0.15) is 19.3 Å². The Hall–Kier alpha value is -1.22. The van der Waals surface area contributed by atoms with Crippen LogP contribution in [-0.2, 0) is 0 Å². The molecule has 0 unspecified atom stereocenters. The van der Waals surface area contributed by atoms with E-state index in [1.54, 1.807) is 0 Å². The molecular formula is C16H25N3. The van der Waals surface area contributed by atoms with E-state index in [-0.39, 0.29) is 0 Å².